The van der Waals surface area contributed by atoms with Crippen LogP contribution in [0.25, 0.3) is 0 Å². The van der Waals surface area contributed by atoms with Crippen molar-refractivity contribution in [3.05, 3.63) is 34.6 Å². The normalized spacial score (nSPS) is 15.9. The molecule has 0 radical (unpaired) electrons. The van der Waals surface area contributed by atoms with Gasteiger partial charge in [-0.2, -0.15) is 5.26 Å². The molecule has 1 saturated heterocycles. The molecule has 0 N–H and O–H groups in total. The topological polar surface area (TPSA) is 44.1 Å². The van der Waals surface area contributed by atoms with Gasteiger partial charge in [0.25, 0.3) is 5.91 Å². The minimum absolute atomic E-state index is 0.0244. The standard InChI is InChI=1S/C13H9F5N2O/c14-8-7(9(15)11(17)12(18)10(8)16)13(21)20-3-1-6(5-19)2-4-20/h6H,1-4H2. The Labute approximate surface area is 116 Å². The molecule has 1 aromatic rings. The molecule has 1 heterocycles. The number of likely N-dealkylation sites (tertiary alicyclic amines) is 1. The fourth-order valence-corrected chi connectivity index (χ4v) is 2.16. The largest absolute Gasteiger partial charge is 0.338 e. The molecule has 0 atom stereocenters. The Morgan fingerprint density at radius 2 is 1.38 bits per heavy atom. The first-order valence-corrected chi connectivity index (χ1v) is 6.08. The first kappa shape index (κ1) is 15.2. The van der Waals surface area contributed by atoms with E-state index < -0.39 is 40.6 Å². The van der Waals surface area contributed by atoms with E-state index in [1.165, 1.54) is 0 Å². The summed E-state index contributed by atoms with van der Waals surface area (Å²) in [5.74, 6) is -12.4. The zero-order valence-electron chi connectivity index (χ0n) is 10.6. The van der Waals surface area contributed by atoms with Gasteiger partial charge in [-0.05, 0) is 12.8 Å². The molecular formula is C13H9F5N2O. The Kier molecular flexibility index (Phi) is 4.11. The maximum Gasteiger partial charge on any atom is 0.260 e. The summed E-state index contributed by atoms with van der Waals surface area (Å²) in [6.45, 7) is 0.0487. The van der Waals surface area contributed by atoms with E-state index >= 15 is 0 Å². The van der Waals surface area contributed by atoms with Gasteiger partial charge in [0, 0.05) is 19.0 Å². The summed E-state index contributed by atoms with van der Waals surface area (Å²) < 4.78 is 66.1. The van der Waals surface area contributed by atoms with Crippen molar-refractivity contribution in [1.29, 1.82) is 5.26 Å². The summed E-state index contributed by atoms with van der Waals surface area (Å²) in [5, 5.41) is 8.71. The summed E-state index contributed by atoms with van der Waals surface area (Å²) in [6, 6.07) is 2.00. The van der Waals surface area contributed by atoms with E-state index in [2.05, 4.69) is 0 Å². The number of rotatable bonds is 1. The molecule has 0 aliphatic carbocycles. The van der Waals surface area contributed by atoms with Crippen LogP contribution in [0.5, 0.6) is 0 Å². The number of nitriles is 1. The van der Waals surface area contributed by atoms with Crippen LogP contribution < -0.4 is 0 Å². The minimum atomic E-state index is -2.30. The molecule has 1 aliphatic rings. The third-order valence-electron chi connectivity index (χ3n) is 3.39. The molecular weight excluding hydrogens is 295 g/mol. The highest BCUT2D eigenvalue weighted by atomic mass is 19.2. The van der Waals surface area contributed by atoms with Crippen LogP contribution in [0.1, 0.15) is 23.2 Å². The predicted molar refractivity (Wildman–Crippen MR) is 60.5 cm³/mol. The number of hydrogen-bond acceptors (Lipinski definition) is 2. The molecule has 0 bridgehead atoms. The van der Waals surface area contributed by atoms with Crippen molar-refractivity contribution in [1.82, 2.24) is 4.90 Å². The van der Waals surface area contributed by atoms with Crippen molar-refractivity contribution in [3.8, 4) is 6.07 Å². The molecule has 8 heteroatoms. The van der Waals surface area contributed by atoms with Crippen LogP contribution in [0.4, 0.5) is 22.0 Å². The number of amides is 1. The van der Waals surface area contributed by atoms with Gasteiger partial charge in [0.2, 0.25) is 5.82 Å². The summed E-state index contributed by atoms with van der Waals surface area (Å²) >= 11 is 0. The number of benzene rings is 1. The molecule has 0 unspecified atom stereocenters. The third-order valence-corrected chi connectivity index (χ3v) is 3.39. The lowest BCUT2D eigenvalue weighted by atomic mass is 9.98. The van der Waals surface area contributed by atoms with Crippen LogP contribution in [0.3, 0.4) is 0 Å². The van der Waals surface area contributed by atoms with Gasteiger partial charge in [-0.3, -0.25) is 4.79 Å². The number of piperidine rings is 1. The number of halogens is 5. The Morgan fingerprint density at radius 3 is 1.81 bits per heavy atom. The van der Waals surface area contributed by atoms with Crippen LogP contribution in [-0.4, -0.2) is 23.9 Å². The van der Waals surface area contributed by atoms with Gasteiger partial charge < -0.3 is 4.90 Å². The van der Waals surface area contributed by atoms with Gasteiger partial charge >= 0.3 is 0 Å². The van der Waals surface area contributed by atoms with Crippen LogP contribution in [-0.2, 0) is 0 Å². The molecule has 1 aromatic carbocycles. The molecule has 1 aliphatic heterocycles. The Hall–Kier alpha value is -2.17. The summed E-state index contributed by atoms with van der Waals surface area (Å²) in [6.07, 6.45) is 0.579. The molecule has 112 valence electrons. The van der Waals surface area contributed by atoms with Gasteiger partial charge in [-0.1, -0.05) is 0 Å². The fourth-order valence-electron chi connectivity index (χ4n) is 2.16. The molecule has 0 saturated carbocycles. The molecule has 0 aromatic heterocycles. The van der Waals surface area contributed by atoms with Crippen LogP contribution in [0.2, 0.25) is 0 Å². The highest BCUT2D eigenvalue weighted by Gasteiger charge is 2.33. The molecule has 3 nitrogen and oxygen atoms in total. The Bertz CT molecular complexity index is 603. The zero-order chi connectivity index (χ0) is 15.7. The smallest absolute Gasteiger partial charge is 0.260 e. The number of hydrogen-bond donors (Lipinski definition) is 0. The van der Waals surface area contributed by atoms with E-state index in [0.29, 0.717) is 0 Å². The van der Waals surface area contributed by atoms with E-state index in [1.54, 1.807) is 0 Å². The van der Waals surface area contributed by atoms with Gasteiger partial charge in [-0.15, -0.1) is 0 Å². The van der Waals surface area contributed by atoms with Crippen molar-refractivity contribution >= 4 is 5.91 Å². The Morgan fingerprint density at radius 1 is 0.952 bits per heavy atom. The van der Waals surface area contributed by atoms with Crippen LogP contribution in [0.15, 0.2) is 0 Å². The van der Waals surface area contributed by atoms with E-state index in [-0.39, 0.29) is 31.8 Å². The predicted octanol–water partition coefficient (Wildman–Crippen LogP) is 2.76. The second-order valence-electron chi connectivity index (χ2n) is 4.64. The lowest BCUT2D eigenvalue weighted by Crippen LogP contribution is -2.39. The highest BCUT2D eigenvalue weighted by molar-refractivity contribution is 5.95. The van der Waals surface area contributed by atoms with Gasteiger partial charge in [0.1, 0.15) is 5.56 Å². The molecule has 1 amide bonds. The second-order valence-corrected chi connectivity index (χ2v) is 4.64. The van der Waals surface area contributed by atoms with Gasteiger partial charge in [-0.25, -0.2) is 22.0 Å². The number of nitrogens with zero attached hydrogens (tertiary/aromatic N) is 2. The average Bonchev–Trinajstić information content (AvgIpc) is 2.51. The SMILES string of the molecule is N#CC1CCN(C(=O)c2c(F)c(F)c(F)c(F)c2F)CC1. The molecule has 2 rings (SSSR count). The van der Waals surface area contributed by atoms with Crippen LogP contribution >= 0.6 is 0 Å². The quantitative estimate of drug-likeness (QED) is 0.455. The number of carbonyl (C=O) groups is 1. The zero-order valence-corrected chi connectivity index (χ0v) is 10.6. The summed E-state index contributed by atoms with van der Waals surface area (Å²) in [4.78, 5) is 12.9. The first-order valence-electron chi connectivity index (χ1n) is 6.08. The average molecular weight is 304 g/mol. The monoisotopic (exact) mass is 304 g/mol. The van der Waals surface area contributed by atoms with Crippen molar-refractivity contribution < 1.29 is 26.7 Å². The van der Waals surface area contributed by atoms with Gasteiger partial charge in [0.15, 0.2) is 23.3 Å². The van der Waals surface area contributed by atoms with E-state index in [1.807, 2.05) is 6.07 Å². The van der Waals surface area contributed by atoms with E-state index in [0.717, 1.165) is 4.90 Å². The maximum absolute atomic E-state index is 13.5. The number of carbonyl (C=O) groups excluding carboxylic acids is 1. The maximum atomic E-state index is 13.5. The lowest BCUT2D eigenvalue weighted by molar-refractivity contribution is 0.0694. The summed E-state index contributed by atoms with van der Waals surface area (Å²) in [5.41, 5.74) is -1.46. The summed E-state index contributed by atoms with van der Waals surface area (Å²) in [7, 11) is 0. The van der Waals surface area contributed by atoms with Crippen LogP contribution in [0, 0.1) is 46.3 Å². The Balaban J connectivity index is 2.35. The third kappa shape index (κ3) is 2.55. The molecule has 1 fully saturated rings. The highest BCUT2D eigenvalue weighted by Crippen LogP contribution is 2.26. The molecule has 0 spiro atoms. The van der Waals surface area contributed by atoms with Gasteiger partial charge in [0.05, 0.1) is 6.07 Å². The second kappa shape index (κ2) is 5.68. The van der Waals surface area contributed by atoms with Crippen molar-refractivity contribution in [2.45, 2.75) is 12.8 Å². The molecule has 21 heavy (non-hydrogen) atoms. The fraction of sp³-hybridized carbons (Fsp3) is 0.385. The van der Waals surface area contributed by atoms with Crippen molar-refractivity contribution in [3.63, 3.8) is 0 Å². The van der Waals surface area contributed by atoms with Crippen molar-refractivity contribution in [2.24, 2.45) is 5.92 Å². The minimum Gasteiger partial charge on any atom is -0.338 e. The lowest BCUT2D eigenvalue weighted by Gasteiger charge is -2.29. The first-order chi connectivity index (χ1) is 9.88. The van der Waals surface area contributed by atoms with E-state index in [4.69, 9.17) is 5.26 Å². The van der Waals surface area contributed by atoms with E-state index in [9.17, 15) is 26.7 Å². The van der Waals surface area contributed by atoms with Crippen molar-refractivity contribution in [2.75, 3.05) is 13.1 Å².